The summed E-state index contributed by atoms with van der Waals surface area (Å²) >= 11 is 0. The second-order valence-electron chi connectivity index (χ2n) is 16.2. The molecular weight excluding hydrogens is 713 g/mol. The molecule has 0 amide bonds. The van der Waals surface area contributed by atoms with Crippen LogP contribution in [-0.4, -0.2) is 4.57 Å². The van der Waals surface area contributed by atoms with E-state index in [4.69, 9.17) is 0 Å². The number of aromatic nitrogens is 1. The van der Waals surface area contributed by atoms with Crippen molar-refractivity contribution in [1.29, 1.82) is 0 Å². The normalized spacial score (nSPS) is 12.7. The van der Waals surface area contributed by atoms with Crippen molar-refractivity contribution < 1.29 is 0 Å². The summed E-state index contributed by atoms with van der Waals surface area (Å²) in [7, 11) is 0. The first-order valence-corrected chi connectivity index (χ1v) is 20.5. The number of rotatable bonds is 7. The maximum atomic E-state index is 2.47. The molecule has 280 valence electrons. The van der Waals surface area contributed by atoms with E-state index in [0.717, 1.165) is 22.7 Å². The Morgan fingerprint density at radius 3 is 1.32 bits per heavy atom. The zero-order chi connectivity index (χ0) is 39.5. The van der Waals surface area contributed by atoms with Gasteiger partial charge in [0, 0.05) is 38.9 Å². The Bertz CT molecular complexity index is 3040. The molecule has 0 aliphatic heterocycles. The average Bonchev–Trinajstić information content (AvgIpc) is 3.74. The van der Waals surface area contributed by atoms with Crippen LogP contribution >= 0.6 is 0 Å². The second-order valence-corrected chi connectivity index (χ2v) is 16.2. The molecule has 0 radical (unpaired) electrons. The zero-order valence-corrected chi connectivity index (χ0v) is 33.2. The lowest BCUT2D eigenvalue weighted by Crippen LogP contribution is -2.14. The van der Waals surface area contributed by atoms with E-state index < -0.39 is 0 Å². The van der Waals surface area contributed by atoms with Crippen molar-refractivity contribution in [3.05, 3.63) is 230 Å². The van der Waals surface area contributed by atoms with Crippen LogP contribution in [0.25, 0.3) is 72.0 Å². The van der Waals surface area contributed by atoms with Crippen molar-refractivity contribution in [2.45, 2.75) is 19.3 Å². The molecule has 9 aromatic carbocycles. The van der Waals surface area contributed by atoms with Gasteiger partial charge in [-0.1, -0.05) is 166 Å². The minimum absolute atomic E-state index is 0.113. The molecular formula is C57H42N2. The van der Waals surface area contributed by atoms with Gasteiger partial charge in [0.1, 0.15) is 0 Å². The second kappa shape index (κ2) is 13.9. The first-order valence-electron chi connectivity index (χ1n) is 20.5. The molecule has 1 aliphatic rings. The molecule has 0 spiro atoms. The van der Waals surface area contributed by atoms with Gasteiger partial charge in [-0.05, 0) is 122 Å². The van der Waals surface area contributed by atoms with Gasteiger partial charge in [-0.15, -0.1) is 0 Å². The average molecular weight is 755 g/mol. The van der Waals surface area contributed by atoms with E-state index in [1.54, 1.807) is 0 Å². The topological polar surface area (TPSA) is 8.17 Å². The summed E-state index contributed by atoms with van der Waals surface area (Å²) < 4.78 is 2.47. The number of anilines is 3. The van der Waals surface area contributed by atoms with E-state index in [1.807, 2.05) is 0 Å². The quantitative estimate of drug-likeness (QED) is 0.157. The molecule has 0 unspecified atom stereocenters. The number of hydrogen-bond acceptors (Lipinski definition) is 1. The van der Waals surface area contributed by atoms with Gasteiger partial charge in [0.05, 0.1) is 11.0 Å². The van der Waals surface area contributed by atoms with Crippen molar-refractivity contribution in [1.82, 2.24) is 4.57 Å². The van der Waals surface area contributed by atoms with E-state index >= 15 is 0 Å². The molecule has 1 aliphatic carbocycles. The summed E-state index contributed by atoms with van der Waals surface area (Å²) in [5.41, 5.74) is 19.4. The minimum Gasteiger partial charge on any atom is -0.310 e. The molecule has 1 heterocycles. The van der Waals surface area contributed by atoms with Crippen LogP contribution in [0.1, 0.15) is 25.0 Å². The number of hydrogen-bond donors (Lipinski definition) is 0. The van der Waals surface area contributed by atoms with Crippen LogP contribution in [0.15, 0.2) is 218 Å². The smallest absolute Gasteiger partial charge is 0.0544 e. The van der Waals surface area contributed by atoms with E-state index in [9.17, 15) is 0 Å². The first kappa shape index (κ1) is 34.8. The molecule has 0 saturated carbocycles. The Morgan fingerprint density at radius 2 is 0.780 bits per heavy atom. The Labute approximate surface area is 345 Å². The van der Waals surface area contributed by atoms with Crippen molar-refractivity contribution in [3.63, 3.8) is 0 Å². The summed E-state index contributed by atoms with van der Waals surface area (Å²) in [5.74, 6) is 0. The standard InChI is InChI=1S/C57H42N2/c1-57(2)53-21-13-12-20-49(53)50-37-52-51-36-48(34-35-55(51)59(56(52)38-54(50)57)47-32-26-44(27-33-47)41-18-10-5-11-19-41)58(45-28-22-42(23-29-45)39-14-6-3-7-15-39)46-30-24-43(25-31-46)40-16-8-4-9-17-40/h3-38H,1-2H3. The van der Waals surface area contributed by atoms with Crippen molar-refractivity contribution >= 4 is 38.9 Å². The highest BCUT2D eigenvalue weighted by atomic mass is 15.1. The number of nitrogens with zero attached hydrogens (tertiary/aromatic N) is 2. The summed E-state index contributed by atoms with van der Waals surface area (Å²) in [6, 6.07) is 79.8. The highest BCUT2D eigenvalue weighted by Crippen LogP contribution is 2.51. The van der Waals surface area contributed by atoms with Gasteiger partial charge in [0.15, 0.2) is 0 Å². The predicted octanol–water partition coefficient (Wildman–Crippen LogP) is 15.6. The molecule has 10 aromatic rings. The van der Waals surface area contributed by atoms with Crippen LogP contribution in [0.2, 0.25) is 0 Å². The third kappa shape index (κ3) is 5.87. The van der Waals surface area contributed by atoms with Crippen LogP contribution in [-0.2, 0) is 5.41 Å². The molecule has 0 fully saturated rings. The molecule has 0 N–H and O–H groups in total. The summed E-state index contributed by atoms with van der Waals surface area (Å²) in [4.78, 5) is 2.40. The van der Waals surface area contributed by atoms with Crippen LogP contribution in [0.5, 0.6) is 0 Å². The van der Waals surface area contributed by atoms with Gasteiger partial charge in [-0.2, -0.15) is 0 Å². The van der Waals surface area contributed by atoms with Crippen molar-refractivity contribution in [2.75, 3.05) is 4.90 Å². The predicted molar refractivity (Wildman–Crippen MR) is 249 cm³/mol. The fraction of sp³-hybridized carbons (Fsp3) is 0.0526. The summed E-state index contributed by atoms with van der Waals surface area (Å²) in [6.45, 7) is 4.74. The van der Waals surface area contributed by atoms with Gasteiger partial charge >= 0.3 is 0 Å². The van der Waals surface area contributed by atoms with E-state index in [1.165, 1.54) is 77.4 Å². The number of fused-ring (bicyclic) bond motifs is 6. The van der Waals surface area contributed by atoms with E-state index in [2.05, 4.69) is 242 Å². The Kier molecular flexibility index (Phi) is 8.20. The Morgan fingerprint density at radius 1 is 0.339 bits per heavy atom. The molecule has 2 heteroatoms. The van der Waals surface area contributed by atoms with E-state index in [-0.39, 0.29) is 5.41 Å². The van der Waals surface area contributed by atoms with Crippen LogP contribution in [0, 0.1) is 0 Å². The highest BCUT2D eigenvalue weighted by molar-refractivity contribution is 6.13. The molecule has 11 rings (SSSR count). The zero-order valence-electron chi connectivity index (χ0n) is 33.2. The maximum Gasteiger partial charge on any atom is 0.0544 e. The first-order chi connectivity index (χ1) is 29.0. The van der Waals surface area contributed by atoms with Crippen molar-refractivity contribution in [2.24, 2.45) is 0 Å². The lowest BCUT2D eigenvalue weighted by molar-refractivity contribution is 0.661. The largest absolute Gasteiger partial charge is 0.310 e. The van der Waals surface area contributed by atoms with Gasteiger partial charge < -0.3 is 9.47 Å². The van der Waals surface area contributed by atoms with Gasteiger partial charge in [0.25, 0.3) is 0 Å². The molecule has 0 saturated heterocycles. The molecule has 2 nitrogen and oxygen atoms in total. The molecule has 0 bridgehead atoms. The fourth-order valence-electron chi connectivity index (χ4n) is 9.37. The van der Waals surface area contributed by atoms with Gasteiger partial charge in [-0.3, -0.25) is 0 Å². The van der Waals surface area contributed by atoms with Crippen molar-refractivity contribution in [3.8, 4) is 50.2 Å². The lowest BCUT2D eigenvalue weighted by Gasteiger charge is -2.26. The maximum absolute atomic E-state index is 2.47. The fourth-order valence-corrected chi connectivity index (χ4v) is 9.37. The lowest BCUT2D eigenvalue weighted by atomic mass is 9.82. The van der Waals surface area contributed by atoms with Crippen LogP contribution < -0.4 is 4.90 Å². The van der Waals surface area contributed by atoms with E-state index in [0.29, 0.717) is 0 Å². The third-order valence-corrected chi connectivity index (χ3v) is 12.4. The summed E-state index contributed by atoms with van der Waals surface area (Å²) in [5, 5.41) is 2.47. The Balaban J connectivity index is 1.11. The molecule has 1 aromatic heterocycles. The summed E-state index contributed by atoms with van der Waals surface area (Å²) in [6.07, 6.45) is 0. The van der Waals surface area contributed by atoms with Gasteiger partial charge in [0.2, 0.25) is 0 Å². The third-order valence-electron chi connectivity index (χ3n) is 12.4. The van der Waals surface area contributed by atoms with Crippen LogP contribution in [0.4, 0.5) is 17.1 Å². The molecule has 59 heavy (non-hydrogen) atoms. The monoisotopic (exact) mass is 754 g/mol. The number of benzene rings is 9. The SMILES string of the molecule is CC1(C)c2ccccc2-c2cc3c4cc(N(c5ccc(-c6ccccc6)cc5)c5ccc(-c6ccccc6)cc5)ccc4n(-c4ccc(-c5ccccc5)cc4)c3cc21. The Hall–Kier alpha value is -7.42. The highest BCUT2D eigenvalue weighted by Gasteiger charge is 2.36. The minimum atomic E-state index is -0.113. The molecule has 0 atom stereocenters. The van der Waals surface area contributed by atoms with Crippen LogP contribution in [0.3, 0.4) is 0 Å². The van der Waals surface area contributed by atoms with Gasteiger partial charge in [-0.25, -0.2) is 0 Å².